The smallest absolute Gasteiger partial charge is 0.235 e. The van der Waals surface area contributed by atoms with E-state index in [0.29, 0.717) is 5.95 Å². The molecule has 11 aromatic rings. The van der Waals surface area contributed by atoms with Crippen molar-refractivity contribution in [1.29, 1.82) is 0 Å². The molecule has 2 heterocycles. The summed E-state index contributed by atoms with van der Waals surface area (Å²) in [4.78, 5) is 13.0. The maximum Gasteiger partial charge on any atom is 0.235 e. The first kappa shape index (κ1) is 31.9. The predicted molar refractivity (Wildman–Crippen MR) is 234 cm³/mol. The van der Waals surface area contributed by atoms with E-state index in [1.54, 1.807) is 0 Å². The fourth-order valence-electron chi connectivity index (χ4n) is 8.50. The lowest BCUT2D eigenvalue weighted by molar-refractivity contribution is 1.01. The Morgan fingerprint density at radius 2 is 0.929 bits per heavy atom. The number of hydrogen-bond donors (Lipinski definition) is 0. The highest BCUT2D eigenvalue weighted by atomic mass is 15.2. The average Bonchev–Trinajstić information content (AvgIpc) is 3.61. The molecule has 0 N–H and O–H groups in total. The molecule has 0 amide bonds. The van der Waals surface area contributed by atoms with Crippen LogP contribution in [-0.4, -0.2) is 14.5 Å². The normalized spacial score (nSPS) is 11.6. The van der Waals surface area contributed by atoms with Crippen molar-refractivity contribution in [3.05, 3.63) is 206 Å². The molecule has 0 bridgehead atoms. The Balaban J connectivity index is 1.25. The topological polar surface area (TPSA) is 34.0 Å². The molecule has 262 valence electrons. The molecule has 0 aliphatic carbocycles. The van der Waals surface area contributed by atoms with Crippen molar-refractivity contribution in [2.45, 2.75) is 0 Å². The van der Waals surface area contributed by atoms with Gasteiger partial charge in [-0.2, -0.15) is 0 Å². The third kappa shape index (κ3) is 5.15. The monoisotopic (exact) mass is 714 g/mol. The van der Waals surface area contributed by atoms with Gasteiger partial charge in [0.2, 0.25) is 5.95 Å². The molecule has 11 rings (SSSR count). The molecule has 0 fully saturated rings. The summed E-state index contributed by atoms with van der Waals surface area (Å²) in [7, 11) is 0. The number of aromatic nitrogens is 3. The van der Waals surface area contributed by atoms with E-state index in [4.69, 9.17) is 9.97 Å². The second-order valence-electron chi connectivity index (χ2n) is 14.2. The summed E-state index contributed by atoms with van der Waals surface area (Å²) < 4.78 is 2.27. The molecule has 0 spiro atoms. The zero-order valence-corrected chi connectivity index (χ0v) is 30.4. The van der Waals surface area contributed by atoms with Crippen LogP contribution in [0.25, 0.3) is 82.6 Å². The van der Waals surface area contributed by atoms with Gasteiger partial charge in [-0.25, -0.2) is 9.97 Å². The van der Waals surface area contributed by atoms with Crippen molar-refractivity contribution in [2.24, 2.45) is 0 Å². The van der Waals surface area contributed by atoms with Crippen molar-refractivity contribution in [2.75, 3.05) is 4.90 Å². The van der Waals surface area contributed by atoms with Crippen LogP contribution in [0.5, 0.6) is 0 Å². The summed E-state index contributed by atoms with van der Waals surface area (Å²) in [5.74, 6) is 0.646. The van der Waals surface area contributed by atoms with Crippen LogP contribution >= 0.6 is 0 Å². The van der Waals surface area contributed by atoms with Crippen LogP contribution in [0.3, 0.4) is 0 Å². The van der Waals surface area contributed by atoms with Gasteiger partial charge in [-0.3, -0.25) is 4.57 Å². The molecular weight excluding hydrogens is 681 g/mol. The van der Waals surface area contributed by atoms with Crippen molar-refractivity contribution in [3.63, 3.8) is 0 Å². The summed E-state index contributed by atoms with van der Waals surface area (Å²) in [5.41, 5.74) is 10.6. The fraction of sp³-hybridized carbons (Fsp3) is 0. The number of nitrogens with zero attached hydrogens (tertiary/aromatic N) is 4. The molecule has 0 unspecified atom stereocenters. The average molecular weight is 715 g/mol. The maximum absolute atomic E-state index is 5.40. The molecule has 0 saturated heterocycles. The number of fused-ring (bicyclic) bond motifs is 7. The van der Waals surface area contributed by atoms with Gasteiger partial charge in [0, 0.05) is 38.8 Å². The lowest BCUT2D eigenvalue weighted by Gasteiger charge is -2.27. The highest BCUT2D eigenvalue weighted by molar-refractivity contribution is 6.25. The Hall–Kier alpha value is -7.56. The Morgan fingerprint density at radius 3 is 1.66 bits per heavy atom. The Bertz CT molecular complexity index is 3200. The Labute approximate surface area is 324 Å². The lowest BCUT2D eigenvalue weighted by atomic mass is 9.91. The Kier molecular flexibility index (Phi) is 7.46. The highest BCUT2D eigenvalue weighted by Crippen LogP contribution is 2.45. The SMILES string of the molecule is c1ccc(-c2nc(-n3c4ccccc4c4c5ccccc5c(-c5cc(N(c6ccccc6)c6ccccc6)cc6ccccc56)cc43)nc3ccccc23)cc1. The maximum atomic E-state index is 5.40. The fourth-order valence-corrected chi connectivity index (χ4v) is 8.50. The van der Waals surface area contributed by atoms with Crippen LogP contribution in [0.1, 0.15) is 0 Å². The molecule has 4 heteroatoms. The largest absolute Gasteiger partial charge is 0.310 e. The molecule has 0 saturated carbocycles. The van der Waals surface area contributed by atoms with Gasteiger partial charge in [-0.15, -0.1) is 0 Å². The van der Waals surface area contributed by atoms with Crippen molar-refractivity contribution in [1.82, 2.24) is 14.5 Å². The van der Waals surface area contributed by atoms with Crippen LogP contribution in [-0.2, 0) is 0 Å². The predicted octanol–water partition coefficient (Wildman–Crippen LogP) is 13.8. The molecule has 4 nitrogen and oxygen atoms in total. The summed E-state index contributed by atoms with van der Waals surface area (Å²) in [6.07, 6.45) is 0. The highest BCUT2D eigenvalue weighted by Gasteiger charge is 2.22. The quantitative estimate of drug-likeness (QED) is 0.172. The zero-order valence-electron chi connectivity index (χ0n) is 30.4. The van der Waals surface area contributed by atoms with Gasteiger partial charge in [0.05, 0.1) is 22.2 Å². The van der Waals surface area contributed by atoms with Crippen LogP contribution in [0.4, 0.5) is 17.1 Å². The lowest BCUT2D eigenvalue weighted by Crippen LogP contribution is -2.10. The molecule has 56 heavy (non-hydrogen) atoms. The minimum Gasteiger partial charge on any atom is -0.310 e. The second-order valence-corrected chi connectivity index (χ2v) is 14.2. The number of anilines is 3. The van der Waals surface area contributed by atoms with Crippen LogP contribution in [0, 0.1) is 0 Å². The standard InChI is InChI=1S/C52H34N4/c1-4-18-35(19-5-1)51-43-28-14-16-30-47(43)53-52(54-51)56-48-31-17-15-29-44(48)50-42-27-13-12-26-41(42)46(34-49(50)56)45-33-39(32-36-20-10-11-25-40(36)45)55(37-21-6-2-7-22-37)38-23-8-3-9-24-38/h1-34H. The zero-order chi connectivity index (χ0) is 37.0. The molecule has 0 radical (unpaired) electrons. The third-order valence-corrected chi connectivity index (χ3v) is 10.9. The van der Waals surface area contributed by atoms with E-state index < -0.39 is 0 Å². The molecule has 0 atom stereocenters. The van der Waals surface area contributed by atoms with E-state index in [1.165, 1.54) is 32.3 Å². The van der Waals surface area contributed by atoms with Crippen molar-refractivity contribution in [3.8, 4) is 28.3 Å². The van der Waals surface area contributed by atoms with Gasteiger partial charge < -0.3 is 4.90 Å². The number of hydrogen-bond acceptors (Lipinski definition) is 3. The van der Waals surface area contributed by atoms with Crippen LogP contribution in [0.2, 0.25) is 0 Å². The first-order chi connectivity index (χ1) is 27.8. The molecule has 9 aromatic carbocycles. The van der Waals surface area contributed by atoms with Crippen molar-refractivity contribution < 1.29 is 0 Å². The van der Waals surface area contributed by atoms with Gasteiger partial charge in [0.25, 0.3) is 0 Å². The van der Waals surface area contributed by atoms with Gasteiger partial charge >= 0.3 is 0 Å². The number of para-hydroxylation sites is 4. The van der Waals surface area contributed by atoms with Gasteiger partial charge in [0.15, 0.2) is 0 Å². The van der Waals surface area contributed by atoms with E-state index in [-0.39, 0.29) is 0 Å². The number of benzene rings is 9. The Morgan fingerprint density at radius 1 is 0.375 bits per heavy atom. The van der Waals surface area contributed by atoms with Crippen molar-refractivity contribution >= 4 is 71.3 Å². The van der Waals surface area contributed by atoms with Gasteiger partial charge in [-0.1, -0.05) is 152 Å². The van der Waals surface area contributed by atoms with E-state index in [1.807, 2.05) is 6.07 Å². The second kappa shape index (κ2) is 13.1. The van der Waals surface area contributed by atoms with E-state index >= 15 is 0 Å². The first-order valence-corrected chi connectivity index (χ1v) is 19.0. The van der Waals surface area contributed by atoms with Crippen LogP contribution < -0.4 is 4.90 Å². The molecular formula is C52H34N4. The van der Waals surface area contributed by atoms with Gasteiger partial charge in [0.1, 0.15) is 0 Å². The summed E-state index contributed by atoms with van der Waals surface area (Å²) in [6.45, 7) is 0. The number of rotatable bonds is 6. The molecule has 2 aromatic heterocycles. The minimum atomic E-state index is 0.646. The third-order valence-electron chi connectivity index (χ3n) is 10.9. The van der Waals surface area contributed by atoms with Gasteiger partial charge in [-0.05, 0) is 87.3 Å². The van der Waals surface area contributed by atoms with E-state index in [2.05, 4.69) is 210 Å². The molecule has 0 aliphatic heterocycles. The van der Waals surface area contributed by atoms with E-state index in [0.717, 1.165) is 61.4 Å². The summed E-state index contributed by atoms with van der Waals surface area (Å²) in [6, 6.07) is 73.3. The van der Waals surface area contributed by atoms with E-state index in [9.17, 15) is 0 Å². The molecule has 0 aliphatic rings. The summed E-state index contributed by atoms with van der Waals surface area (Å²) in [5, 5.41) is 8.13. The van der Waals surface area contributed by atoms with Crippen LogP contribution in [0.15, 0.2) is 206 Å². The minimum absolute atomic E-state index is 0.646. The first-order valence-electron chi connectivity index (χ1n) is 19.0. The summed E-state index contributed by atoms with van der Waals surface area (Å²) >= 11 is 0.